The van der Waals surface area contributed by atoms with E-state index in [0.29, 0.717) is 0 Å². The second-order valence-corrected chi connectivity index (χ2v) is 15.2. The Hall–Kier alpha value is -7.00. The zero-order chi connectivity index (χ0) is 37.3. The number of fused-ring (bicyclic) bond motifs is 3. The third-order valence-corrected chi connectivity index (χ3v) is 11.8. The van der Waals surface area contributed by atoms with Gasteiger partial charge in [-0.15, -0.1) is 11.3 Å². The summed E-state index contributed by atoms with van der Waals surface area (Å²) < 4.78 is 2.61. The van der Waals surface area contributed by atoms with Crippen LogP contribution in [0, 0.1) is 0 Å². The summed E-state index contributed by atoms with van der Waals surface area (Å²) in [5, 5.41) is 2.62. The van der Waals surface area contributed by atoms with Gasteiger partial charge in [-0.05, 0) is 110 Å². The molecule has 0 saturated carbocycles. The molecular weight excluding hydrogens is 695 g/mol. The van der Waals surface area contributed by atoms with E-state index < -0.39 is 0 Å². The predicted molar refractivity (Wildman–Crippen MR) is 241 cm³/mol. The fourth-order valence-corrected chi connectivity index (χ4v) is 9.06. The van der Waals surface area contributed by atoms with E-state index in [1.165, 1.54) is 75.8 Å². The molecule has 0 spiro atoms. The van der Waals surface area contributed by atoms with Gasteiger partial charge in [-0.3, -0.25) is 0 Å². The molecule has 0 fully saturated rings. The van der Waals surface area contributed by atoms with Crippen molar-refractivity contribution in [3.8, 4) is 55.6 Å². The average molecular weight is 732 g/mol. The first-order valence-electron chi connectivity index (χ1n) is 19.1. The standard InChI is InChI=1S/C54H37NS/c1-4-13-38(14-5-1)41-23-29-46(30-24-41)55(47-31-25-42(26-32-47)39-15-6-2-7-16-39)48-33-27-43(28-34-48)49-35-36-52-54(50-21-10-11-22-51(50)56-52)53(49)45-20-12-19-44(37-45)40-17-8-3-9-18-40/h1-37H. The molecular formula is C54H37NS. The highest BCUT2D eigenvalue weighted by molar-refractivity contribution is 7.26. The third-order valence-electron chi connectivity index (χ3n) is 10.7. The van der Waals surface area contributed by atoms with E-state index in [4.69, 9.17) is 0 Å². The molecule has 1 nitrogen and oxygen atoms in total. The lowest BCUT2D eigenvalue weighted by Gasteiger charge is -2.26. The van der Waals surface area contributed by atoms with Crippen molar-refractivity contribution >= 4 is 48.6 Å². The van der Waals surface area contributed by atoms with Gasteiger partial charge in [0.15, 0.2) is 0 Å². The van der Waals surface area contributed by atoms with Crippen LogP contribution in [0.15, 0.2) is 224 Å². The SMILES string of the molecule is c1ccc(-c2ccc(N(c3ccc(-c4ccccc4)cc3)c3ccc(-c4ccc5sc6ccccc6c5c4-c4cccc(-c5ccccc5)c4)cc3)cc2)cc1. The van der Waals surface area contributed by atoms with Crippen molar-refractivity contribution < 1.29 is 0 Å². The average Bonchev–Trinajstić information content (AvgIpc) is 3.67. The van der Waals surface area contributed by atoms with Crippen LogP contribution in [0.25, 0.3) is 75.8 Å². The van der Waals surface area contributed by atoms with Gasteiger partial charge in [0.2, 0.25) is 0 Å². The number of thiophene rings is 1. The van der Waals surface area contributed by atoms with Gasteiger partial charge in [0.1, 0.15) is 0 Å². The molecule has 10 rings (SSSR count). The van der Waals surface area contributed by atoms with Crippen molar-refractivity contribution in [3.63, 3.8) is 0 Å². The summed E-state index contributed by atoms with van der Waals surface area (Å²) >= 11 is 1.87. The van der Waals surface area contributed by atoms with Crippen LogP contribution in [0.3, 0.4) is 0 Å². The molecule has 9 aromatic carbocycles. The van der Waals surface area contributed by atoms with Crippen molar-refractivity contribution in [1.29, 1.82) is 0 Å². The van der Waals surface area contributed by atoms with E-state index in [0.717, 1.165) is 17.1 Å². The van der Waals surface area contributed by atoms with Crippen LogP contribution >= 0.6 is 11.3 Å². The second-order valence-electron chi connectivity index (χ2n) is 14.1. The summed E-state index contributed by atoms with van der Waals surface area (Å²) in [6, 6.07) is 81.2. The number of hydrogen-bond acceptors (Lipinski definition) is 2. The molecule has 0 aliphatic carbocycles. The second kappa shape index (κ2) is 14.7. The van der Waals surface area contributed by atoms with Crippen LogP contribution in [0.2, 0.25) is 0 Å². The smallest absolute Gasteiger partial charge is 0.0462 e. The van der Waals surface area contributed by atoms with Gasteiger partial charge in [0.05, 0.1) is 0 Å². The van der Waals surface area contributed by atoms with Gasteiger partial charge in [0.25, 0.3) is 0 Å². The highest BCUT2D eigenvalue weighted by Crippen LogP contribution is 2.46. The maximum Gasteiger partial charge on any atom is 0.0462 e. The molecule has 1 heterocycles. The summed E-state index contributed by atoms with van der Waals surface area (Å²) in [5.74, 6) is 0. The van der Waals surface area contributed by atoms with Crippen LogP contribution in [0.5, 0.6) is 0 Å². The number of benzene rings is 9. The van der Waals surface area contributed by atoms with E-state index in [1.54, 1.807) is 0 Å². The largest absolute Gasteiger partial charge is 0.311 e. The summed E-state index contributed by atoms with van der Waals surface area (Å²) in [6.07, 6.45) is 0. The molecule has 0 aliphatic rings. The Morgan fingerprint density at radius 1 is 0.286 bits per heavy atom. The summed E-state index contributed by atoms with van der Waals surface area (Å²) in [4.78, 5) is 2.35. The third kappa shape index (κ3) is 6.36. The minimum Gasteiger partial charge on any atom is -0.311 e. The van der Waals surface area contributed by atoms with Crippen LogP contribution in [0.1, 0.15) is 0 Å². The maximum absolute atomic E-state index is 2.36. The lowest BCUT2D eigenvalue weighted by molar-refractivity contribution is 1.28. The lowest BCUT2D eigenvalue weighted by atomic mass is 9.89. The number of rotatable bonds is 8. The van der Waals surface area contributed by atoms with Crippen LogP contribution < -0.4 is 4.90 Å². The molecule has 0 radical (unpaired) electrons. The summed E-state index contributed by atoms with van der Waals surface area (Å²) in [7, 11) is 0. The van der Waals surface area contributed by atoms with Crippen molar-refractivity contribution in [2.24, 2.45) is 0 Å². The number of anilines is 3. The highest BCUT2D eigenvalue weighted by atomic mass is 32.1. The zero-order valence-electron chi connectivity index (χ0n) is 30.7. The number of nitrogens with zero attached hydrogens (tertiary/aromatic N) is 1. The summed E-state index contributed by atoms with van der Waals surface area (Å²) in [6.45, 7) is 0. The maximum atomic E-state index is 2.36. The molecule has 264 valence electrons. The van der Waals surface area contributed by atoms with Gasteiger partial charge in [-0.25, -0.2) is 0 Å². The van der Waals surface area contributed by atoms with Crippen molar-refractivity contribution in [3.05, 3.63) is 224 Å². The molecule has 0 N–H and O–H groups in total. The van der Waals surface area contributed by atoms with Crippen molar-refractivity contribution in [1.82, 2.24) is 0 Å². The topological polar surface area (TPSA) is 3.24 Å². The summed E-state index contributed by atoms with van der Waals surface area (Å²) in [5.41, 5.74) is 15.5. The van der Waals surface area contributed by atoms with Gasteiger partial charge >= 0.3 is 0 Å². The molecule has 0 amide bonds. The Balaban J connectivity index is 1.09. The van der Waals surface area contributed by atoms with Gasteiger partial charge in [-0.1, -0.05) is 170 Å². The first kappa shape index (κ1) is 33.6. The normalized spacial score (nSPS) is 11.2. The lowest BCUT2D eigenvalue weighted by Crippen LogP contribution is -2.09. The zero-order valence-corrected chi connectivity index (χ0v) is 31.5. The van der Waals surface area contributed by atoms with E-state index in [-0.39, 0.29) is 0 Å². The van der Waals surface area contributed by atoms with Crippen LogP contribution in [-0.4, -0.2) is 0 Å². The molecule has 0 unspecified atom stereocenters. The Kier molecular flexibility index (Phi) is 8.79. The van der Waals surface area contributed by atoms with E-state index >= 15 is 0 Å². The Morgan fingerprint density at radius 3 is 1.27 bits per heavy atom. The molecule has 1 aromatic heterocycles. The van der Waals surface area contributed by atoms with Gasteiger partial charge in [0, 0.05) is 37.2 Å². The fourth-order valence-electron chi connectivity index (χ4n) is 7.95. The first-order chi connectivity index (χ1) is 27.8. The molecule has 0 bridgehead atoms. The van der Waals surface area contributed by atoms with Crippen LogP contribution in [0.4, 0.5) is 17.1 Å². The Morgan fingerprint density at radius 2 is 0.714 bits per heavy atom. The fraction of sp³-hybridized carbons (Fsp3) is 0. The van der Waals surface area contributed by atoms with Gasteiger partial charge in [-0.2, -0.15) is 0 Å². The first-order valence-corrected chi connectivity index (χ1v) is 19.9. The highest BCUT2D eigenvalue weighted by Gasteiger charge is 2.19. The Bertz CT molecular complexity index is 2830. The van der Waals surface area contributed by atoms with E-state index in [2.05, 4.69) is 229 Å². The minimum atomic E-state index is 1.10. The predicted octanol–water partition coefficient (Wildman–Crippen LogP) is 15.9. The van der Waals surface area contributed by atoms with Crippen LogP contribution in [-0.2, 0) is 0 Å². The van der Waals surface area contributed by atoms with Crippen molar-refractivity contribution in [2.45, 2.75) is 0 Å². The minimum absolute atomic E-state index is 1.10. The van der Waals surface area contributed by atoms with Gasteiger partial charge < -0.3 is 4.90 Å². The number of hydrogen-bond donors (Lipinski definition) is 0. The van der Waals surface area contributed by atoms with Crippen molar-refractivity contribution in [2.75, 3.05) is 4.90 Å². The molecule has 10 aromatic rings. The molecule has 2 heteroatoms. The Labute approximate surface area is 332 Å². The quantitative estimate of drug-likeness (QED) is 0.150. The van der Waals surface area contributed by atoms with E-state index in [1.807, 2.05) is 11.3 Å². The van der Waals surface area contributed by atoms with E-state index in [9.17, 15) is 0 Å². The molecule has 56 heavy (non-hydrogen) atoms. The monoisotopic (exact) mass is 731 g/mol. The molecule has 0 saturated heterocycles. The molecule has 0 atom stereocenters. The molecule has 0 aliphatic heterocycles.